The van der Waals surface area contributed by atoms with Gasteiger partial charge in [0.05, 0.1) is 21.8 Å². The van der Waals surface area contributed by atoms with E-state index in [2.05, 4.69) is 15.0 Å². The number of carbonyl (C=O) groups excluding carboxylic acids is 1. The number of carbonyl (C=O) groups is 1. The summed E-state index contributed by atoms with van der Waals surface area (Å²) in [6.45, 7) is 0. The van der Waals surface area contributed by atoms with Gasteiger partial charge >= 0.3 is 0 Å². The molecule has 0 radical (unpaired) electrons. The number of nitrogens with one attached hydrogen (secondary N) is 1. The van der Waals surface area contributed by atoms with Crippen LogP contribution in [-0.2, 0) is 0 Å². The lowest BCUT2D eigenvalue weighted by atomic mass is 10.2. The van der Waals surface area contributed by atoms with Gasteiger partial charge in [-0.2, -0.15) is 0 Å². The van der Waals surface area contributed by atoms with Gasteiger partial charge in [-0.1, -0.05) is 28.4 Å². The number of nitrogens with two attached hydrogens (primary N) is 1. The molecule has 0 aliphatic rings. The van der Waals surface area contributed by atoms with Crippen LogP contribution in [0.3, 0.4) is 0 Å². The minimum atomic E-state index is -0.438. The molecule has 2 rings (SSSR count). The van der Waals surface area contributed by atoms with Crippen LogP contribution >= 0.6 is 23.2 Å². The average molecular weight is 272 g/mol. The monoisotopic (exact) mass is 271 g/mol. The molecule has 0 bridgehead atoms. The number of rotatable bonds is 2. The summed E-state index contributed by atoms with van der Waals surface area (Å²) in [5.74, 6) is -0.438. The maximum absolute atomic E-state index is 11.9. The summed E-state index contributed by atoms with van der Waals surface area (Å²) in [6.07, 6.45) is 2.65. The minimum Gasteiger partial charge on any atom is -0.399 e. The van der Waals surface area contributed by atoms with Gasteiger partial charge < -0.3 is 15.6 Å². The maximum Gasteiger partial charge on any atom is 0.257 e. The summed E-state index contributed by atoms with van der Waals surface area (Å²) in [5, 5.41) is 6.36. The normalized spacial score (nSPS) is 10.2. The summed E-state index contributed by atoms with van der Waals surface area (Å²) >= 11 is 11.7. The molecule has 0 unspecified atom stereocenters. The van der Waals surface area contributed by atoms with Crippen LogP contribution in [0.5, 0.6) is 0 Å². The van der Waals surface area contributed by atoms with Crippen LogP contribution in [0.4, 0.5) is 11.4 Å². The van der Waals surface area contributed by atoms with Gasteiger partial charge in [-0.05, 0) is 12.1 Å². The third kappa shape index (κ3) is 2.51. The molecule has 88 valence electrons. The van der Waals surface area contributed by atoms with E-state index >= 15 is 0 Å². The number of anilines is 2. The number of nitrogen functional groups attached to an aromatic ring is 1. The molecule has 0 atom stereocenters. The number of hydrogen-bond acceptors (Lipinski definition) is 4. The number of hydrogen-bond donors (Lipinski definition) is 2. The molecule has 0 spiro atoms. The first-order chi connectivity index (χ1) is 8.08. The van der Waals surface area contributed by atoms with Crippen LogP contribution in [0.25, 0.3) is 0 Å². The molecule has 7 heteroatoms. The average Bonchev–Trinajstić information content (AvgIpc) is 2.76. The summed E-state index contributed by atoms with van der Waals surface area (Å²) in [6, 6.07) is 2.91. The lowest BCUT2D eigenvalue weighted by molar-refractivity contribution is 0.102. The molecule has 1 aromatic heterocycles. The topological polar surface area (TPSA) is 81.2 Å². The van der Waals surface area contributed by atoms with E-state index < -0.39 is 5.91 Å². The zero-order valence-corrected chi connectivity index (χ0v) is 9.92. The van der Waals surface area contributed by atoms with Crippen molar-refractivity contribution in [3.63, 3.8) is 0 Å². The Kier molecular flexibility index (Phi) is 3.21. The molecule has 5 nitrogen and oxygen atoms in total. The quantitative estimate of drug-likeness (QED) is 0.823. The number of nitrogens with zero attached hydrogens (tertiary/aromatic N) is 1. The molecule has 0 saturated carbocycles. The highest BCUT2D eigenvalue weighted by molar-refractivity contribution is 6.44. The van der Waals surface area contributed by atoms with Crippen LogP contribution in [-0.4, -0.2) is 11.1 Å². The van der Waals surface area contributed by atoms with Gasteiger partial charge in [0, 0.05) is 5.69 Å². The first-order valence-corrected chi connectivity index (χ1v) is 5.29. The van der Waals surface area contributed by atoms with Crippen molar-refractivity contribution >= 4 is 40.5 Å². The summed E-state index contributed by atoms with van der Waals surface area (Å²) in [5.41, 5.74) is 6.56. The SMILES string of the molecule is Nc1cc(Cl)c(Cl)c(C(=O)Nc2cnoc2)c1. The molecule has 0 aliphatic carbocycles. The van der Waals surface area contributed by atoms with Crippen molar-refractivity contribution < 1.29 is 9.32 Å². The van der Waals surface area contributed by atoms with Gasteiger partial charge in [-0.15, -0.1) is 0 Å². The lowest BCUT2D eigenvalue weighted by Crippen LogP contribution is -2.12. The number of benzene rings is 1. The predicted molar refractivity (Wildman–Crippen MR) is 65.3 cm³/mol. The molecular formula is C10H7Cl2N3O2. The Morgan fingerprint density at radius 1 is 1.41 bits per heavy atom. The molecule has 2 aromatic rings. The van der Waals surface area contributed by atoms with Gasteiger partial charge in [-0.3, -0.25) is 4.79 Å². The Morgan fingerprint density at radius 2 is 2.18 bits per heavy atom. The second-order valence-electron chi connectivity index (χ2n) is 3.23. The number of halogens is 2. The van der Waals surface area contributed by atoms with E-state index in [1.54, 1.807) is 0 Å². The Labute approximate surface area is 106 Å². The van der Waals surface area contributed by atoms with Crippen LogP contribution in [0.1, 0.15) is 10.4 Å². The Morgan fingerprint density at radius 3 is 2.82 bits per heavy atom. The highest BCUT2D eigenvalue weighted by Gasteiger charge is 2.14. The van der Waals surface area contributed by atoms with Crippen molar-refractivity contribution in [1.82, 2.24) is 5.16 Å². The number of aromatic nitrogens is 1. The van der Waals surface area contributed by atoms with Crippen molar-refractivity contribution in [2.45, 2.75) is 0 Å². The van der Waals surface area contributed by atoms with Crippen LogP contribution in [0, 0.1) is 0 Å². The molecule has 1 aromatic carbocycles. The van der Waals surface area contributed by atoms with E-state index in [9.17, 15) is 4.79 Å². The van der Waals surface area contributed by atoms with E-state index in [-0.39, 0.29) is 15.6 Å². The molecule has 0 fully saturated rings. The fraction of sp³-hybridized carbons (Fsp3) is 0. The second-order valence-corrected chi connectivity index (χ2v) is 4.02. The Hall–Kier alpha value is -1.72. The van der Waals surface area contributed by atoms with E-state index in [4.69, 9.17) is 28.9 Å². The van der Waals surface area contributed by atoms with Crippen molar-refractivity contribution in [3.8, 4) is 0 Å². The molecule has 3 N–H and O–H groups in total. The molecule has 1 heterocycles. The van der Waals surface area contributed by atoms with E-state index in [1.165, 1.54) is 24.6 Å². The van der Waals surface area contributed by atoms with Gasteiger partial charge in [0.25, 0.3) is 5.91 Å². The Balaban J connectivity index is 2.31. The van der Waals surface area contributed by atoms with Crippen molar-refractivity contribution in [1.29, 1.82) is 0 Å². The summed E-state index contributed by atoms with van der Waals surface area (Å²) in [4.78, 5) is 11.9. The van der Waals surface area contributed by atoms with Crippen molar-refractivity contribution in [2.75, 3.05) is 11.1 Å². The predicted octanol–water partition coefficient (Wildman–Crippen LogP) is 2.82. The van der Waals surface area contributed by atoms with Gasteiger partial charge in [0.1, 0.15) is 12.0 Å². The third-order valence-electron chi connectivity index (χ3n) is 1.99. The van der Waals surface area contributed by atoms with Crippen LogP contribution < -0.4 is 11.1 Å². The maximum atomic E-state index is 11.9. The smallest absolute Gasteiger partial charge is 0.257 e. The minimum absolute atomic E-state index is 0.148. The van der Waals surface area contributed by atoms with Gasteiger partial charge in [0.15, 0.2) is 0 Å². The summed E-state index contributed by atoms with van der Waals surface area (Å²) in [7, 11) is 0. The highest BCUT2D eigenvalue weighted by Crippen LogP contribution is 2.29. The molecule has 0 aliphatic heterocycles. The highest BCUT2D eigenvalue weighted by atomic mass is 35.5. The number of amides is 1. The zero-order chi connectivity index (χ0) is 12.4. The molecule has 17 heavy (non-hydrogen) atoms. The van der Waals surface area contributed by atoms with Gasteiger partial charge in [0.2, 0.25) is 0 Å². The first kappa shape index (κ1) is 11.8. The molecular weight excluding hydrogens is 265 g/mol. The first-order valence-electron chi connectivity index (χ1n) is 4.53. The Bertz CT molecular complexity index is 555. The third-order valence-corrected chi connectivity index (χ3v) is 2.79. The van der Waals surface area contributed by atoms with Crippen molar-refractivity contribution in [3.05, 3.63) is 40.2 Å². The van der Waals surface area contributed by atoms with Gasteiger partial charge in [-0.25, -0.2) is 0 Å². The van der Waals surface area contributed by atoms with E-state index in [1.807, 2.05) is 0 Å². The largest absolute Gasteiger partial charge is 0.399 e. The standard InChI is InChI=1S/C10H7Cl2N3O2/c11-8-2-5(13)1-7(9(8)12)10(16)15-6-3-14-17-4-6/h1-4H,13H2,(H,15,16). The van der Waals surface area contributed by atoms with Crippen LogP contribution in [0.15, 0.2) is 29.1 Å². The fourth-order valence-electron chi connectivity index (χ4n) is 1.24. The molecule has 0 saturated heterocycles. The molecule has 1 amide bonds. The fourth-order valence-corrected chi connectivity index (χ4v) is 1.66. The lowest BCUT2D eigenvalue weighted by Gasteiger charge is -2.07. The van der Waals surface area contributed by atoms with E-state index in [0.29, 0.717) is 11.4 Å². The zero-order valence-electron chi connectivity index (χ0n) is 8.41. The van der Waals surface area contributed by atoms with E-state index in [0.717, 1.165) is 0 Å². The van der Waals surface area contributed by atoms with Crippen LogP contribution in [0.2, 0.25) is 10.0 Å². The second kappa shape index (κ2) is 4.65. The summed E-state index contributed by atoms with van der Waals surface area (Å²) < 4.78 is 4.58. The van der Waals surface area contributed by atoms with Crippen molar-refractivity contribution in [2.24, 2.45) is 0 Å².